The van der Waals surface area contributed by atoms with Gasteiger partial charge in [-0.1, -0.05) is 13.3 Å². The fourth-order valence-corrected chi connectivity index (χ4v) is 2.30. The first kappa shape index (κ1) is 8.24. The molecule has 12 heavy (non-hydrogen) atoms. The van der Waals surface area contributed by atoms with Crippen LogP contribution in [0.4, 0.5) is 0 Å². The summed E-state index contributed by atoms with van der Waals surface area (Å²) in [5, 5.41) is 0. The van der Waals surface area contributed by atoms with Crippen molar-refractivity contribution in [2.24, 2.45) is 5.41 Å². The SMILES string of the molecule is CC1(CN2CCC(=O)C2)CCC1. The quantitative estimate of drug-likeness (QED) is 0.620. The van der Waals surface area contributed by atoms with Crippen molar-refractivity contribution in [1.82, 2.24) is 4.90 Å². The van der Waals surface area contributed by atoms with Crippen molar-refractivity contribution in [2.45, 2.75) is 32.6 Å². The second-order valence-electron chi connectivity index (χ2n) is 4.66. The van der Waals surface area contributed by atoms with Crippen molar-refractivity contribution in [3.05, 3.63) is 0 Å². The maximum absolute atomic E-state index is 11.0. The van der Waals surface area contributed by atoms with Gasteiger partial charge in [-0.25, -0.2) is 0 Å². The number of hydrogen-bond acceptors (Lipinski definition) is 2. The van der Waals surface area contributed by atoms with E-state index in [0.29, 0.717) is 11.2 Å². The molecular weight excluding hydrogens is 150 g/mol. The highest BCUT2D eigenvalue weighted by atomic mass is 16.1. The number of carbonyl (C=O) groups excluding carboxylic acids is 1. The van der Waals surface area contributed by atoms with E-state index in [1.807, 2.05) is 0 Å². The van der Waals surface area contributed by atoms with Crippen LogP contribution >= 0.6 is 0 Å². The summed E-state index contributed by atoms with van der Waals surface area (Å²) in [6.07, 6.45) is 4.89. The van der Waals surface area contributed by atoms with Gasteiger partial charge in [-0.05, 0) is 18.3 Å². The summed E-state index contributed by atoms with van der Waals surface area (Å²) < 4.78 is 0. The highest BCUT2D eigenvalue weighted by Crippen LogP contribution is 2.41. The van der Waals surface area contributed by atoms with E-state index in [0.717, 1.165) is 26.1 Å². The molecule has 0 aromatic rings. The van der Waals surface area contributed by atoms with Crippen LogP contribution in [0.3, 0.4) is 0 Å². The van der Waals surface area contributed by atoms with Crippen molar-refractivity contribution in [2.75, 3.05) is 19.6 Å². The van der Waals surface area contributed by atoms with E-state index in [1.165, 1.54) is 19.3 Å². The first-order valence-corrected chi connectivity index (χ1v) is 4.92. The number of nitrogens with zero attached hydrogens (tertiary/aromatic N) is 1. The summed E-state index contributed by atoms with van der Waals surface area (Å²) in [4.78, 5) is 13.3. The number of Topliss-reactive ketones (excluding diaryl/α,β-unsaturated/α-hetero) is 1. The summed E-state index contributed by atoms with van der Waals surface area (Å²) >= 11 is 0. The summed E-state index contributed by atoms with van der Waals surface area (Å²) in [5.41, 5.74) is 0.546. The van der Waals surface area contributed by atoms with Gasteiger partial charge in [-0.3, -0.25) is 9.69 Å². The highest BCUT2D eigenvalue weighted by Gasteiger charge is 2.35. The van der Waals surface area contributed by atoms with Gasteiger partial charge in [0.1, 0.15) is 5.78 Å². The molecule has 1 heterocycles. The van der Waals surface area contributed by atoms with E-state index in [1.54, 1.807) is 0 Å². The molecule has 2 nitrogen and oxygen atoms in total. The smallest absolute Gasteiger partial charge is 0.148 e. The van der Waals surface area contributed by atoms with Crippen LogP contribution in [0.1, 0.15) is 32.6 Å². The van der Waals surface area contributed by atoms with Crippen LogP contribution in [0.15, 0.2) is 0 Å². The molecule has 1 saturated carbocycles. The maximum Gasteiger partial charge on any atom is 0.148 e. The van der Waals surface area contributed by atoms with Crippen LogP contribution < -0.4 is 0 Å². The van der Waals surface area contributed by atoms with Gasteiger partial charge in [0.15, 0.2) is 0 Å². The average Bonchev–Trinajstić information content (AvgIpc) is 2.32. The largest absolute Gasteiger partial charge is 0.298 e. The minimum Gasteiger partial charge on any atom is -0.298 e. The summed E-state index contributed by atoms with van der Waals surface area (Å²) in [6.45, 7) is 5.22. The van der Waals surface area contributed by atoms with Gasteiger partial charge in [0.25, 0.3) is 0 Å². The van der Waals surface area contributed by atoms with Gasteiger partial charge in [-0.15, -0.1) is 0 Å². The Morgan fingerprint density at radius 3 is 2.67 bits per heavy atom. The topological polar surface area (TPSA) is 20.3 Å². The third kappa shape index (κ3) is 1.53. The van der Waals surface area contributed by atoms with Gasteiger partial charge in [-0.2, -0.15) is 0 Å². The highest BCUT2D eigenvalue weighted by molar-refractivity contribution is 5.82. The van der Waals surface area contributed by atoms with Crippen LogP contribution in [0.5, 0.6) is 0 Å². The number of ketones is 1. The normalized spacial score (nSPS) is 28.9. The molecule has 0 radical (unpaired) electrons. The molecule has 1 saturated heterocycles. The van der Waals surface area contributed by atoms with Gasteiger partial charge < -0.3 is 0 Å². The van der Waals surface area contributed by atoms with E-state index < -0.39 is 0 Å². The zero-order chi connectivity index (χ0) is 8.60. The molecule has 0 bridgehead atoms. The fraction of sp³-hybridized carbons (Fsp3) is 0.900. The molecule has 0 atom stereocenters. The molecule has 0 spiro atoms. The van der Waals surface area contributed by atoms with E-state index in [-0.39, 0.29) is 0 Å². The zero-order valence-electron chi connectivity index (χ0n) is 7.81. The molecule has 0 N–H and O–H groups in total. The number of hydrogen-bond donors (Lipinski definition) is 0. The summed E-state index contributed by atoms with van der Waals surface area (Å²) in [7, 11) is 0. The second-order valence-corrected chi connectivity index (χ2v) is 4.66. The van der Waals surface area contributed by atoms with Crippen molar-refractivity contribution >= 4 is 5.78 Å². The molecule has 2 aliphatic rings. The predicted octanol–water partition coefficient (Wildman–Crippen LogP) is 1.45. The molecule has 1 aliphatic carbocycles. The minimum atomic E-state index is 0.429. The Bertz CT molecular complexity index is 196. The lowest BCUT2D eigenvalue weighted by Crippen LogP contribution is -2.39. The van der Waals surface area contributed by atoms with E-state index in [9.17, 15) is 4.79 Å². The van der Waals surface area contributed by atoms with Crippen molar-refractivity contribution in [3.63, 3.8) is 0 Å². The van der Waals surface area contributed by atoms with E-state index >= 15 is 0 Å². The average molecular weight is 167 g/mol. The van der Waals surface area contributed by atoms with Crippen LogP contribution in [-0.4, -0.2) is 30.3 Å². The standard InChI is InChI=1S/C10H17NO/c1-10(4-2-5-10)8-11-6-3-9(12)7-11/h2-8H2,1H3. The van der Waals surface area contributed by atoms with Gasteiger partial charge in [0, 0.05) is 19.5 Å². The Hall–Kier alpha value is -0.370. The Kier molecular flexibility index (Phi) is 1.95. The first-order valence-electron chi connectivity index (χ1n) is 4.92. The van der Waals surface area contributed by atoms with Gasteiger partial charge in [0.05, 0.1) is 6.54 Å². The fourth-order valence-electron chi connectivity index (χ4n) is 2.30. The molecule has 2 heteroatoms. The van der Waals surface area contributed by atoms with Gasteiger partial charge >= 0.3 is 0 Å². The molecule has 0 amide bonds. The third-order valence-electron chi connectivity index (χ3n) is 3.27. The number of carbonyl (C=O) groups is 1. The van der Waals surface area contributed by atoms with Crippen LogP contribution in [0.25, 0.3) is 0 Å². The number of rotatable bonds is 2. The Balaban J connectivity index is 1.83. The van der Waals surface area contributed by atoms with Crippen LogP contribution in [0, 0.1) is 5.41 Å². The monoisotopic (exact) mass is 167 g/mol. The first-order chi connectivity index (χ1) is 5.68. The molecule has 2 fully saturated rings. The Morgan fingerprint density at radius 1 is 1.50 bits per heavy atom. The van der Waals surface area contributed by atoms with E-state index in [2.05, 4.69) is 11.8 Å². The van der Waals surface area contributed by atoms with E-state index in [4.69, 9.17) is 0 Å². The van der Waals surface area contributed by atoms with Crippen LogP contribution in [0.2, 0.25) is 0 Å². The van der Waals surface area contributed by atoms with Crippen LogP contribution in [-0.2, 0) is 4.79 Å². The second kappa shape index (κ2) is 2.84. The Labute approximate surface area is 73.9 Å². The third-order valence-corrected chi connectivity index (χ3v) is 3.27. The molecular formula is C10H17NO. The molecule has 1 aliphatic heterocycles. The maximum atomic E-state index is 11.0. The lowest BCUT2D eigenvalue weighted by Gasteiger charge is -2.41. The van der Waals surface area contributed by atoms with Gasteiger partial charge in [0.2, 0.25) is 0 Å². The molecule has 0 aromatic heterocycles. The summed E-state index contributed by atoms with van der Waals surface area (Å²) in [6, 6.07) is 0. The molecule has 0 unspecified atom stereocenters. The molecule has 68 valence electrons. The lowest BCUT2D eigenvalue weighted by molar-refractivity contribution is -0.117. The molecule has 2 rings (SSSR count). The van der Waals surface area contributed by atoms with Crippen molar-refractivity contribution < 1.29 is 4.79 Å². The minimum absolute atomic E-state index is 0.429. The molecule has 0 aromatic carbocycles. The number of likely N-dealkylation sites (tertiary alicyclic amines) is 1. The van der Waals surface area contributed by atoms with Crippen molar-refractivity contribution in [1.29, 1.82) is 0 Å². The van der Waals surface area contributed by atoms with Crippen molar-refractivity contribution in [3.8, 4) is 0 Å². The zero-order valence-corrected chi connectivity index (χ0v) is 7.81. The predicted molar refractivity (Wildman–Crippen MR) is 48.0 cm³/mol. The summed E-state index contributed by atoms with van der Waals surface area (Å²) in [5.74, 6) is 0.429. The lowest BCUT2D eigenvalue weighted by atomic mass is 9.70. The Morgan fingerprint density at radius 2 is 2.25 bits per heavy atom.